The van der Waals surface area contributed by atoms with Gasteiger partial charge >= 0.3 is 0 Å². The second-order valence-electron chi connectivity index (χ2n) is 5.87. The molecule has 4 rings (SSSR count). The Hall–Kier alpha value is -3.46. The van der Waals surface area contributed by atoms with Gasteiger partial charge in [-0.1, -0.05) is 12.1 Å². The Balaban J connectivity index is 1.73. The SMILES string of the molecule is O=C(c1cccc(-n2cnnn2)c1)N(Cc1cccs1)c1ccc(F)cc1F. The molecule has 140 valence electrons. The van der Waals surface area contributed by atoms with Crippen molar-refractivity contribution in [3.8, 4) is 5.69 Å². The van der Waals surface area contributed by atoms with Crippen LogP contribution in [0.1, 0.15) is 15.2 Å². The van der Waals surface area contributed by atoms with Crippen molar-refractivity contribution in [2.75, 3.05) is 4.90 Å². The third-order valence-electron chi connectivity index (χ3n) is 4.05. The molecule has 0 atom stereocenters. The number of hydrogen-bond donors (Lipinski definition) is 0. The van der Waals surface area contributed by atoms with Crippen LogP contribution < -0.4 is 4.90 Å². The predicted octanol–water partition coefficient (Wildman–Crippen LogP) is 3.85. The van der Waals surface area contributed by atoms with Crippen molar-refractivity contribution in [3.05, 3.63) is 88.4 Å². The summed E-state index contributed by atoms with van der Waals surface area (Å²) in [6.07, 6.45) is 1.41. The molecule has 0 unspecified atom stereocenters. The second-order valence-corrected chi connectivity index (χ2v) is 6.90. The normalized spacial score (nSPS) is 10.8. The highest BCUT2D eigenvalue weighted by Gasteiger charge is 2.22. The van der Waals surface area contributed by atoms with E-state index in [1.165, 1.54) is 33.3 Å². The molecule has 0 bridgehead atoms. The number of tetrazole rings is 1. The lowest BCUT2D eigenvalue weighted by Crippen LogP contribution is -2.31. The standard InChI is InChI=1S/C19H13F2N5OS/c20-14-6-7-18(17(21)10-14)25(11-16-5-2-8-28-16)19(27)13-3-1-4-15(9-13)26-12-22-23-24-26/h1-10,12H,11H2. The molecule has 0 aliphatic carbocycles. The molecule has 28 heavy (non-hydrogen) atoms. The molecule has 0 saturated heterocycles. The predicted molar refractivity (Wildman–Crippen MR) is 100 cm³/mol. The maximum Gasteiger partial charge on any atom is 0.258 e. The van der Waals surface area contributed by atoms with E-state index in [-0.39, 0.29) is 12.2 Å². The van der Waals surface area contributed by atoms with Crippen LogP contribution in [0.2, 0.25) is 0 Å². The molecule has 2 aromatic heterocycles. The van der Waals surface area contributed by atoms with Crippen molar-refractivity contribution in [3.63, 3.8) is 0 Å². The number of carbonyl (C=O) groups is 1. The molecule has 4 aromatic rings. The van der Waals surface area contributed by atoms with Crippen LogP contribution in [0.5, 0.6) is 0 Å². The minimum atomic E-state index is -0.804. The number of benzene rings is 2. The Kier molecular flexibility index (Phi) is 4.90. The first-order chi connectivity index (χ1) is 13.6. The molecule has 0 radical (unpaired) electrons. The lowest BCUT2D eigenvalue weighted by Gasteiger charge is -2.23. The van der Waals surface area contributed by atoms with Gasteiger partial charge in [-0.25, -0.2) is 13.5 Å². The highest BCUT2D eigenvalue weighted by atomic mass is 32.1. The fourth-order valence-corrected chi connectivity index (χ4v) is 3.43. The summed E-state index contributed by atoms with van der Waals surface area (Å²) < 4.78 is 29.2. The topological polar surface area (TPSA) is 63.9 Å². The lowest BCUT2D eigenvalue weighted by molar-refractivity contribution is 0.0984. The largest absolute Gasteiger partial charge is 0.300 e. The molecule has 0 aliphatic heterocycles. The Bertz CT molecular complexity index is 1100. The van der Waals surface area contributed by atoms with Crippen LogP contribution in [-0.4, -0.2) is 26.1 Å². The van der Waals surface area contributed by atoms with E-state index in [1.54, 1.807) is 24.3 Å². The first-order valence-corrected chi connectivity index (χ1v) is 9.12. The number of thiophene rings is 1. The highest BCUT2D eigenvalue weighted by molar-refractivity contribution is 7.09. The second kappa shape index (κ2) is 7.65. The van der Waals surface area contributed by atoms with E-state index >= 15 is 0 Å². The Morgan fingerprint density at radius 2 is 2.00 bits per heavy atom. The van der Waals surface area contributed by atoms with E-state index in [1.807, 2.05) is 17.5 Å². The Labute approximate surface area is 162 Å². The third-order valence-corrected chi connectivity index (χ3v) is 4.91. The average molecular weight is 397 g/mol. The van der Waals surface area contributed by atoms with E-state index in [2.05, 4.69) is 15.5 Å². The van der Waals surface area contributed by atoms with Crippen LogP contribution in [-0.2, 0) is 6.54 Å². The number of halogens is 2. The summed E-state index contributed by atoms with van der Waals surface area (Å²) in [4.78, 5) is 15.4. The molecule has 0 saturated carbocycles. The number of carbonyl (C=O) groups excluding carboxylic acids is 1. The van der Waals surface area contributed by atoms with Crippen LogP contribution in [0, 0.1) is 11.6 Å². The smallest absolute Gasteiger partial charge is 0.258 e. The van der Waals surface area contributed by atoms with Gasteiger partial charge in [0.25, 0.3) is 5.91 Å². The summed E-state index contributed by atoms with van der Waals surface area (Å²) in [6.45, 7) is 0.161. The number of nitrogens with zero attached hydrogens (tertiary/aromatic N) is 5. The number of anilines is 1. The number of rotatable bonds is 5. The van der Waals surface area contributed by atoms with Crippen LogP contribution in [0.15, 0.2) is 66.3 Å². The lowest BCUT2D eigenvalue weighted by atomic mass is 10.1. The third kappa shape index (κ3) is 3.65. The van der Waals surface area contributed by atoms with Crippen molar-refractivity contribution < 1.29 is 13.6 Å². The summed E-state index contributed by atoms with van der Waals surface area (Å²) in [5.41, 5.74) is 0.924. The zero-order valence-electron chi connectivity index (χ0n) is 14.4. The van der Waals surface area contributed by atoms with Gasteiger partial charge in [0.05, 0.1) is 17.9 Å². The van der Waals surface area contributed by atoms with E-state index in [4.69, 9.17) is 0 Å². The highest BCUT2D eigenvalue weighted by Crippen LogP contribution is 2.26. The molecule has 0 fully saturated rings. The van der Waals surface area contributed by atoms with E-state index < -0.39 is 17.5 Å². The van der Waals surface area contributed by atoms with Gasteiger partial charge in [0.1, 0.15) is 18.0 Å². The summed E-state index contributed by atoms with van der Waals surface area (Å²) in [7, 11) is 0. The quantitative estimate of drug-likeness (QED) is 0.513. The zero-order valence-corrected chi connectivity index (χ0v) is 15.2. The monoisotopic (exact) mass is 397 g/mol. The average Bonchev–Trinajstić information content (AvgIpc) is 3.40. The Morgan fingerprint density at radius 1 is 1.11 bits per heavy atom. The first kappa shape index (κ1) is 17.9. The molecule has 2 heterocycles. The van der Waals surface area contributed by atoms with E-state index in [0.717, 1.165) is 17.0 Å². The molecular formula is C19H13F2N5OS. The van der Waals surface area contributed by atoms with Crippen molar-refractivity contribution in [2.24, 2.45) is 0 Å². The maximum absolute atomic E-state index is 14.4. The van der Waals surface area contributed by atoms with Gasteiger partial charge in [0.2, 0.25) is 0 Å². The first-order valence-electron chi connectivity index (χ1n) is 8.24. The molecule has 1 amide bonds. The Morgan fingerprint density at radius 3 is 2.71 bits per heavy atom. The molecule has 0 spiro atoms. The van der Waals surface area contributed by atoms with Crippen molar-refractivity contribution in [1.29, 1.82) is 0 Å². The minimum absolute atomic E-state index is 0.00706. The summed E-state index contributed by atoms with van der Waals surface area (Å²) in [5, 5.41) is 12.8. The van der Waals surface area contributed by atoms with Gasteiger partial charge in [-0.3, -0.25) is 4.79 Å². The minimum Gasteiger partial charge on any atom is -0.300 e. The van der Waals surface area contributed by atoms with Gasteiger partial charge < -0.3 is 4.90 Å². The van der Waals surface area contributed by atoms with Crippen molar-refractivity contribution >= 4 is 22.9 Å². The summed E-state index contributed by atoms with van der Waals surface area (Å²) in [5.74, 6) is -1.93. The van der Waals surface area contributed by atoms with Gasteiger partial charge in [0.15, 0.2) is 0 Å². The summed E-state index contributed by atoms with van der Waals surface area (Å²) >= 11 is 1.45. The maximum atomic E-state index is 14.4. The number of aromatic nitrogens is 4. The van der Waals surface area contributed by atoms with E-state index in [9.17, 15) is 13.6 Å². The number of hydrogen-bond acceptors (Lipinski definition) is 5. The van der Waals surface area contributed by atoms with E-state index in [0.29, 0.717) is 11.3 Å². The molecule has 6 nitrogen and oxygen atoms in total. The van der Waals surface area contributed by atoms with Crippen LogP contribution >= 0.6 is 11.3 Å². The van der Waals surface area contributed by atoms with Crippen LogP contribution in [0.3, 0.4) is 0 Å². The fraction of sp³-hybridized carbons (Fsp3) is 0.0526. The van der Waals surface area contributed by atoms with Gasteiger partial charge in [0, 0.05) is 16.5 Å². The molecular weight excluding hydrogens is 384 g/mol. The van der Waals surface area contributed by atoms with Crippen LogP contribution in [0.25, 0.3) is 5.69 Å². The van der Waals surface area contributed by atoms with Crippen molar-refractivity contribution in [1.82, 2.24) is 20.2 Å². The van der Waals surface area contributed by atoms with Crippen molar-refractivity contribution in [2.45, 2.75) is 6.54 Å². The van der Waals surface area contributed by atoms with Gasteiger partial charge in [-0.05, 0) is 52.2 Å². The molecule has 0 aliphatic rings. The fourth-order valence-electron chi connectivity index (χ4n) is 2.74. The molecule has 0 N–H and O–H groups in total. The summed E-state index contributed by atoms with van der Waals surface area (Å²) in [6, 6.07) is 13.5. The zero-order chi connectivity index (χ0) is 19.5. The molecule has 2 aromatic carbocycles. The van der Waals surface area contributed by atoms with Crippen LogP contribution in [0.4, 0.5) is 14.5 Å². The molecule has 9 heteroatoms. The number of amides is 1. The van der Waals surface area contributed by atoms with Gasteiger partial charge in [-0.2, -0.15) is 0 Å². The van der Waals surface area contributed by atoms with Gasteiger partial charge in [-0.15, -0.1) is 16.4 Å².